The molecule has 0 aliphatic heterocycles. The maximum absolute atomic E-state index is 14.1. The molecule has 3 rings (SSSR count). The largest absolute Gasteiger partial charge is 0.352 e. The summed E-state index contributed by atoms with van der Waals surface area (Å²) in [6.07, 6.45) is 1.14. The molecular formula is C32H41N3O4S. The summed E-state index contributed by atoms with van der Waals surface area (Å²) in [6.45, 7) is 11.2. The zero-order valence-corrected chi connectivity index (χ0v) is 25.2. The van der Waals surface area contributed by atoms with Crippen LogP contribution in [0.4, 0.5) is 5.69 Å². The molecule has 3 aromatic rings. The van der Waals surface area contributed by atoms with E-state index in [1.165, 1.54) is 9.21 Å². The van der Waals surface area contributed by atoms with Gasteiger partial charge in [0.15, 0.2) is 0 Å². The maximum atomic E-state index is 14.1. The Morgan fingerprint density at radius 1 is 0.850 bits per heavy atom. The zero-order valence-electron chi connectivity index (χ0n) is 24.3. The van der Waals surface area contributed by atoms with Crippen LogP contribution in [-0.2, 0) is 26.2 Å². The number of hydrogen-bond donors (Lipinski definition) is 1. The van der Waals surface area contributed by atoms with Gasteiger partial charge in [-0.1, -0.05) is 79.6 Å². The Hall–Kier alpha value is -3.65. The Bertz CT molecular complexity index is 1410. The fourth-order valence-corrected chi connectivity index (χ4v) is 6.06. The van der Waals surface area contributed by atoms with Crippen LogP contribution < -0.4 is 9.62 Å². The average Bonchev–Trinajstić information content (AvgIpc) is 2.92. The van der Waals surface area contributed by atoms with Crippen LogP contribution in [0.5, 0.6) is 0 Å². The Balaban J connectivity index is 2.08. The smallest absolute Gasteiger partial charge is 0.264 e. The van der Waals surface area contributed by atoms with Crippen molar-refractivity contribution in [3.8, 4) is 0 Å². The summed E-state index contributed by atoms with van der Waals surface area (Å²) in [5.41, 5.74) is 3.93. The monoisotopic (exact) mass is 563 g/mol. The van der Waals surface area contributed by atoms with Crippen molar-refractivity contribution in [1.29, 1.82) is 0 Å². The fraction of sp³-hybridized carbons (Fsp3) is 0.375. The van der Waals surface area contributed by atoms with E-state index >= 15 is 0 Å². The standard InChI is InChI=1S/C32H41N3O4S/c1-7-26(6)33-32(37)29(8-2)34(21-27-12-10-9-11-13-27)31(36)22-35(30-19-16-24(4)20-25(30)5)40(38,39)28-17-14-23(3)15-18-28/h9-20,26,29H,7-8,21-22H2,1-6H3,(H,33,37)/t26-,29+/m0/s1. The molecule has 7 nitrogen and oxygen atoms in total. The van der Waals surface area contributed by atoms with E-state index in [0.29, 0.717) is 12.1 Å². The lowest BCUT2D eigenvalue weighted by molar-refractivity contribution is -0.140. The zero-order chi connectivity index (χ0) is 29.4. The Labute approximate surface area is 239 Å². The number of benzene rings is 3. The predicted molar refractivity (Wildman–Crippen MR) is 161 cm³/mol. The number of carbonyl (C=O) groups is 2. The van der Waals surface area contributed by atoms with Crippen molar-refractivity contribution in [2.45, 2.75) is 77.9 Å². The van der Waals surface area contributed by atoms with Gasteiger partial charge in [0.1, 0.15) is 12.6 Å². The minimum absolute atomic E-state index is 0.0520. The van der Waals surface area contributed by atoms with Crippen LogP contribution in [0.15, 0.2) is 77.7 Å². The molecule has 214 valence electrons. The molecule has 0 saturated carbocycles. The Morgan fingerprint density at radius 3 is 2.05 bits per heavy atom. The van der Waals surface area contributed by atoms with Crippen molar-refractivity contribution < 1.29 is 18.0 Å². The SMILES string of the molecule is CC[C@H](C(=O)N[C@@H](C)CC)N(Cc1ccccc1)C(=O)CN(c1ccc(C)cc1C)S(=O)(=O)c1ccc(C)cc1. The summed E-state index contributed by atoms with van der Waals surface area (Å²) in [7, 11) is -4.10. The molecular weight excluding hydrogens is 522 g/mol. The highest BCUT2D eigenvalue weighted by molar-refractivity contribution is 7.92. The third-order valence-electron chi connectivity index (χ3n) is 7.09. The minimum atomic E-state index is -4.10. The highest BCUT2D eigenvalue weighted by Crippen LogP contribution is 2.28. The first kappa shape index (κ1) is 30.9. The average molecular weight is 564 g/mol. The van der Waals surface area contributed by atoms with Crippen molar-refractivity contribution >= 4 is 27.5 Å². The lowest BCUT2D eigenvalue weighted by Gasteiger charge is -2.34. The fourth-order valence-electron chi connectivity index (χ4n) is 4.58. The van der Waals surface area contributed by atoms with E-state index in [1.807, 2.05) is 84.0 Å². The second-order valence-electron chi connectivity index (χ2n) is 10.4. The number of carbonyl (C=O) groups excluding carboxylic acids is 2. The van der Waals surface area contributed by atoms with Crippen molar-refractivity contribution in [3.05, 3.63) is 95.1 Å². The topological polar surface area (TPSA) is 86.8 Å². The summed E-state index contributed by atoms with van der Waals surface area (Å²) in [4.78, 5) is 29.1. The number of aryl methyl sites for hydroxylation is 3. The van der Waals surface area contributed by atoms with E-state index in [9.17, 15) is 18.0 Å². The molecule has 0 spiro atoms. The normalized spacial score (nSPS) is 12.8. The van der Waals surface area contributed by atoms with Crippen LogP contribution in [0, 0.1) is 20.8 Å². The van der Waals surface area contributed by atoms with Crippen LogP contribution >= 0.6 is 0 Å². The van der Waals surface area contributed by atoms with E-state index in [2.05, 4.69) is 5.32 Å². The number of anilines is 1. The molecule has 0 radical (unpaired) electrons. The van der Waals surface area contributed by atoms with Gasteiger partial charge >= 0.3 is 0 Å². The number of nitrogens with zero attached hydrogens (tertiary/aromatic N) is 2. The highest BCUT2D eigenvalue weighted by atomic mass is 32.2. The molecule has 0 unspecified atom stereocenters. The molecule has 0 aromatic heterocycles. The lowest BCUT2D eigenvalue weighted by atomic mass is 10.1. The molecule has 0 fully saturated rings. The molecule has 0 bridgehead atoms. The van der Waals surface area contributed by atoms with Crippen molar-refractivity contribution in [3.63, 3.8) is 0 Å². The molecule has 0 aliphatic rings. The molecule has 0 heterocycles. The summed E-state index contributed by atoms with van der Waals surface area (Å²) in [6, 6.07) is 20.7. The summed E-state index contributed by atoms with van der Waals surface area (Å²) in [5, 5.41) is 3.00. The van der Waals surface area contributed by atoms with Gasteiger partial charge in [0.2, 0.25) is 11.8 Å². The number of nitrogens with one attached hydrogen (secondary N) is 1. The van der Waals surface area contributed by atoms with E-state index in [-0.39, 0.29) is 23.4 Å². The highest BCUT2D eigenvalue weighted by Gasteiger charge is 2.34. The van der Waals surface area contributed by atoms with Gasteiger partial charge in [-0.15, -0.1) is 0 Å². The van der Waals surface area contributed by atoms with Gasteiger partial charge < -0.3 is 10.2 Å². The predicted octanol–water partition coefficient (Wildman–Crippen LogP) is 5.53. The Kier molecular flexibility index (Phi) is 10.5. The second kappa shape index (κ2) is 13.6. The summed E-state index contributed by atoms with van der Waals surface area (Å²) >= 11 is 0. The van der Waals surface area contributed by atoms with Crippen LogP contribution in [0.25, 0.3) is 0 Å². The van der Waals surface area contributed by atoms with Gasteiger partial charge in [0, 0.05) is 12.6 Å². The molecule has 0 saturated heterocycles. The maximum Gasteiger partial charge on any atom is 0.264 e. The van der Waals surface area contributed by atoms with E-state index in [1.54, 1.807) is 30.3 Å². The first-order valence-electron chi connectivity index (χ1n) is 13.8. The van der Waals surface area contributed by atoms with Gasteiger partial charge in [-0.25, -0.2) is 8.42 Å². The van der Waals surface area contributed by atoms with Crippen molar-refractivity contribution in [2.24, 2.45) is 0 Å². The van der Waals surface area contributed by atoms with E-state index in [4.69, 9.17) is 0 Å². The second-order valence-corrected chi connectivity index (χ2v) is 12.2. The van der Waals surface area contributed by atoms with Gasteiger partial charge in [-0.05, 0) is 69.9 Å². The van der Waals surface area contributed by atoms with Crippen LogP contribution in [0.1, 0.15) is 55.9 Å². The van der Waals surface area contributed by atoms with Crippen LogP contribution in [-0.4, -0.2) is 43.8 Å². The van der Waals surface area contributed by atoms with Gasteiger partial charge in [0.25, 0.3) is 10.0 Å². The number of hydrogen-bond acceptors (Lipinski definition) is 4. The van der Waals surface area contributed by atoms with Crippen LogP contribution in [0.3, 0.4) is 0 Å². The molecule has 2 atom stereocenters. The number of rotatable bonds is 12. The first-order valence-corrected chi connectivity index (χ1v) is 15.2. The molecule has 0 aliphatic carbocycles. The summed E-state index contributed by atoms with van der Waals surface area (Å²) < 4.78 is 29.2. The Morgan fingerprint density at radius 2 is 1.48 bits per heavy atom. The number of sulfonamides is 1. The molecule has 8 heteroatoms. The third-order valence-corrected chi connectivity index (χ3v) is 8.87. The van der Waals surface area contributed by atoms with Gasteiger partial charge in [0.05, 0.1) is 10.6 Å². The quantitative estimate of drug-likeness (QED) is 0.314. The molecule has 2 amide bonds. The molecule has 1 N–H and O–H groups in total. The van der Waals surface area contributed by atoms with Crippen molar-refractivity contribution in [1.82, 2.24) is 10.2 Å². The van der Waals surface area contributed by atoms with Gasteiger partial charge in [-0.3, -0.25) is 13.9 Å². The number of amides is 2. The minimum Gasteiger partial charge on any atom is -0.352 e. The lowest BCUT2D eigenvalue weighted by Crippen LogP contribution is -2.53. The molecule has 40 heavy (non-hydrogen) atoms. The van der Waals surface area contributed by atoms with Crippen molar-refractivity contribution in [2.75, 3.05) is 10.8 Å². The third kappa shape index (κ3) is 7.50. The van der Waals surface area contributed by atoms with E-state index < -0.39 is 28.5 Å². The first-order chi connectivity index (χ1) is 19.0. The van der Waals surface area contributed by atoms with E-state index in [0.717, 1.165) is 28.7 Å². The molecule has 3 aromatic carbocycles. The van der Waals surface area contributed by atoms with Crippen LogP contribution in [0.2, 0.25) is 0 Å². The summed E-state index contributed by atoms with van der Waals surface area (Å²) in [5.74, 6) is -0.703. The van der Waals surface area contributed by atoms with Gasteiger partial charge in [-0.2, -0.15) is 0 Å².